The molecule has 6 heteroatoms. The average Bonchev–Trinajstić information content (AvgIpc) is 2.56. The van der Waals surface area contributed by atoms with Gasteiger partial charge in [-0.05, 0) is 39.7 Å². The van der Waals surface area contributed by atoms with E-state index in [9.17, 15) is 0 Å². The molecule has 1 aliphatic heterocycles. The van der Waals surface area contributed by atoms with E-state index < -0.39 is 0 Å². The summed E-state index contributed by atoms with van der Waals surface area (Å²) in [6, 6.07) is 8.17. The molecule has 0 saturated carbocycles. The molecule has 0 bridgehead atoms. The van der Waals surface area contributed by atoms with Gasteiger partial charge in [0.15, 0.2) is 0 Å². The second-order valence-corrected chi connectivity index (χ2v) is 5.87. The maximum atomic E-state index is 5.67. The van der Waals surface area contributed by atoms with Crippen molar-refractivity contribution in [3.63, 3.8) is 0 Å². The van der Waals surface area contributed by atoms with Crippen LogP contribution in [0.3, 0.4) is 0 Å². The van der Waals surface area contributed by atoms with E-state index in [0.717, 1.165) is 42.2 Å². The molecule has 2 heterocycles. The van der Waals surface area contributed by atoms with Crippen LogP contribution in [0.2, 0.25) is 0 Å². The van der Waals surface area contributed by atoms with Gasteiger partial charge < -0.3 is 15.5 Å². The van der Waals surface area contributed by atoms with Crippen LogP contribution in [0.5, 0.6) is 0 Å². The van der Waals surface area contributed by atoms with E-state index in [1.807, 2.05) is 6.07 Å². The third-order valence-electron chi connectivity index (χ3n) is 3.70. The summed E-state index contributed by atoms with van der Waals surface area (Å²) in [6.07, 6.45) is 3.58. The maximum Gasteiger partial charge on any atom is 0.225 e. The minimum absolute atomic E-state index is 0.567. The van der Waals surface area contributed by atoms with Crippen LogP contribution in [0, 0.1) is 0 Å². The molecule has 1 saturated heterocycles. The predicted octanol–water partition coefficient (Wildman–Crippen LogP) is 2.02. The zero-order valence-electron chi connectivity index (χ0n) is 11.7. The highest BCUT2D eigenvalue weighted by atomic mass is 79.9. The molecule has 0 unspecified atom stereocenters. The lowest BCUT2D eigenvalue weighted by molar-refractivity contribution is 0.639. The Kier molecular flexibility index (Phi) is 4.36. The van der Waals surface area contributed by atoms with E-state index in [0.29, 0.717) is 6.54 Å². The second kappa shape index (κ2) is 6.41. The monoisotopic (exact) mass is 347 g/mol. The van der Waals surface area contributed by atoms with Crippen molar-refractivity contribution in [3.8, 4) is 0 Å². The van der Waals surface area contributed by atoms with Gasteiger partial charge in [0.25, 0.3) is 0 Å². The van der Waals surface area contributed by atoms with E-state index in [4.69, 9.17) is 5.73 Å². The van der Waals surface area contributed by atoms with Crippen LogP contribution >= 0.6 is 15.9 Å². The average molecular weight is 348 g/mol. The van der Waals surface area contributed by atoms with Gasteiger partial charge in [-0.3, -0.25) is 0 Å². The van der Waals surface area contributed by atoms with Crippen molar-refractivity contribution in [1.29, 1.82) is 0 Å². The van der Waals surface area contributed by atoms with Crippen molar-refractivity contribution in [3.05, 3.63) is 46.7 Å². The molecule has 1 fully saturated rings. The number of benzene rings is 1. The standard InChI is InChI=1S/C15H18BrN5/c16-13-10-12(11-17)2-3-14(13)20-6-8-21(9-7-20)15-18-4-1-5-19-15/h1-5,10H,6-9,11,17H2. The van der Waals surface area contributed by atoms with Gasteiger partial charge in [0.05, 0.1) is 5.69 Å². The summed E-state index contributed by atoms with van der Waals surface area (Å²) < 4.78 is 1.11. The highest BCUT2D eigenvalue weighted by molar-refractivity contribution is 9.10. The van der Waals surface area contributed by atoms with Crippen LogP contribution in [0.1, 0.15) is 5.56 Å². The molecule has 2 N–H and O–H groups in total. The molecule has 0 amide bonds. The van der Waals surface area contributed by atoms with Gasteiger partial charge in [0, 0.05) is 49.6 Å². The molecule has 0 aliphatic carbocycles. The number of nitrogens with two attached hydrogens (primary N) is 1. The molecule has 0 radical (unpaired) electrons. The molecule has 3 rings (SSSR count). The fourth-order valence-electron chi connectivity index (χ4n) is 2.54. The number of aromatic nitrogens is 2. The number of anilines is 2. The van der Waals surface area contributed by atoms with E-state index in [1.54, 1.807) is 12.4 Å². The third-order valence-corrected chi connectivity index (χ3v) is 4.34. The van der Waals surface area contributed by atoms with Crippen LogP contribution in [-0.2, 0) is 6.54 Å². The zero-order chi connectivity index (χ0) is 14.7. The van der Waals surface area contributed by atoms with Crippen molar-refractivity contribution < 1.29 is 0 Å². The number of rotatable bonds is 3. The van der Waals surface area contributed by atoms with Gasteiger partial charge in [-0.15, -0.1) is 0 Å². The van der Waals surface area contributed by atoms with Crippen LogP contribution in [0.4, 0.5) is 11.6 Å². The number of piperazine rings is 1. The Balaban J connectivity index is 1.68. The molecule has 1 aliphatic rings. The van der Waals surface area contributed by atoms with Crippen molar-refractivity contribution in [1.82, 2.24) is 9.97 Å². The Morgan fingerprint density at radius 2 is 1.71 bits per heavy atom. The van der Waals surface area contributed by atoms with Crippen molar-refractivity contribution in [2.75, 3.05) is 36.0 Å². The summed E-state index contributed by atoms with van der Waals surface area (Å²) in [5.74, 6) is 0.815. The molecule has 1 aromatic heterocycles. The summed E-state index contributed by atoms with van der Waals surface area (Å²) in [7, 11) is 0. The number of hydrogen-bond donors (Lipinski definition) is 1. The number of hydrogen-bond acceptors (Lipinski definition) is 5. The number of halogens is 1. The Morgan fingerprint density at radius 1 is 1.05 bits per heavy atom. The number of nitrogens with zero attached hydrogens (tertiary/aromatic N) is 4. The Morgan fingerprint density at radius 3 is 2.33 bits per heavy atom. The third kappa shape index (κ3) is 3.16. The largest absolute Gasteiger partial charge is 0.367 e. The normalized spacial score (nSPS) is 15.3. The van der Waals surface area contributed by atoms with Gasteiger partial charge in [0.2, 0.25) is 5.95 Å². The highest BCUT2D eigenvalue weighted by Gasteiger charge is 2.20. The topological polar surface area (TPSA) is 58.3 Å². The first-order valence-corrected chi connectivity index (χ1v) is 7.82. The Hall–Kier alpha value is -1.66. The minimum Gasteiger partial charge on any atom is -0.367 e. The lowest BCUT2D eigenvalue weighted by Crippen LogP contribution is -2.47. The fraction of sp³-hybridized carbons (Fsp3) is 0.333. The Labute approximate surface area is 132 Å². The molecule has 1 aromatic carbocycles. The summed E-state index contributed by atoms with van der Waals surface area (Å²) >= 11 is 3.65. The van der Waals surface area contributed by atoms with E-state index in [-0.39, 0.29) is 0 Å². The SMILES string of the molecule is NCc1ccc(N2CCN(c3ncccn3)CC2)c(Br)c1. The van der Waals surface area contributed by atoms with Crippen LogP contribution in [0.15, 0.2) is 41.1 Å². The van der Waals surface area contributed by atoms with Gasteiger partial charge in [-0.1, -0.05) is 6.07 Å². The first-order valence-electron chi connectivity index (χ1n) is 7.03. The lowest BCUT2D eigenvalue weighted by Gasteiger charge is -2.36. The van der Waals surface area contributed by atoms with E-state index >= 15 is 0 Å². The first-order chi connectivity index (χ1) is 10.3. The quantitative estimate of drug-likeness (QED) is 0.920. The minimum atomic E-state index is 0.567. The van der Waals surface area contributed by atoms with Crippen LogP contribution in [0.25, 0.3) is 0 Å². The maximum absolute atomic E-state index is 5.67. The predicted molar refractivity (Wildman–Crippen MR) is 88.5 cm³/mol. The Bertz CT molecular complexity index is 596. The summed E-state index contributed by atoms with van der Waals surface area (Å²) in [4.78, 5) is 13.2. The molecular weight excluding hydrogens is 330 g/mol. The van der Waals surface area contributed by atoms with Crippen LogP contribution in [-0.4, -0.2) is 36.1 Å². The van der Waals surface area contributed by atoms with Crippen LogP contribution < -0.4 is 15.5 Å². The first kappa shape index (κ1) is 14.3. The fourth-order valence-corrected chi connectivity index (χ4v) is 3.21. The highest BCUT2D eigenvalue weighted by Crippen LogP contribution is 2.28. The van der Waals surface area contributed by atoms with Gasteiger partial charge >= 0.3 is 0 Å². The van der Waals surface area contributed by atoms with Crippen molar-refractivity contribution in [2.24, 2.45) is 5.73 Å². The zero-order valence-corrected chi connectivity index (χ0v) is 13.3. The van der Waals surface area contributed by atoms with Gasteiger partial charge in [-0.25, -0.2) is 9.97 Å². The summed E-state index contributed by atoms with van der Waals surface area (Å²) in [5, 5.41) is 0. The molecular formula is C15H18BrN5. The summed E-state index contributed by atoms with van der Waals surface area (Å²) in [6.45, 7) is 4.33. The van der Waals surface area contributed by atoms with Gasteiger partial charge in [-0.2, -0.15) is 0 Å². The van der Waals surface area contributed by atoms with E-state index in [2.05, 4.69) is 53.9 Å². The van der Waals surface area contributed by atoms with Crippen molar-refractivity contribution >= 4 is 27.6 Å². The second-order valence-electron chi connectivity index (χ2n) is 5.01. The summed E-state index contributed by atoms with van der Waals surface area (Å²) in [5.41, 5.74) is 8.04. The molecule has 0 atom stereocenters. The van der Waals surface area contributed by atoms with Crippen molar-refractivity contribution in [2.45, 2.75) is 6.54 Å². The van der Waals surface area contributed by atoms with E-state index in [1.165, 1.54) is 5.69 Å². The van der Waals surface area contributed by atoms with Gasteiger partial charge in [0.1, 0.15) is 0 Å². The lowest BCUT2D eigenvalue weighted by atomic mass is 10.2. The molecule has 110 valence electrons. The molecule has 2 aromatic rings. The smallest absolute Gasteiger partial charge is 0.225 e. The molecule has 21 heavy (non-hydrogen) atoms. The molecule has 5 nitrogen and oxygen atoms in total. The molecule has 0 spiro atoms.